The Kier molecular flexibility index (Phi) is 4.79. The Hall–Kier alpha value is -2.75. The molecule has 2 heterocycles. The lowest BCUT2D eigenvalue weighted by Gasteiger charge is -2.26. The molecule has 7 heteroatoms. The van der Waals surface area contributed by atoms with Gasteiger partial charge in [-0.15, -0.1) is 0 Å². The monoisotopic (exact) mass is 339 g/mol. The van der Waals surface area contributed by atoms with Crippen LogP contribution < -0.4 is 0 Å². The number of hydrogen-bond acceptors (Lipinski definition) is 6. The number of aromatic nitrogens is 4. The molecule has 0 aromatic carbocycles. The van der Waals surface area contributed by atoms with Crippen molar-refractivity contribution in [2.45, 2.75) is 52.6 Å². The zero-order valence-corrected chi connectivity index (χ0v) is 14.7. The number of carbonyl (C=O) groups is 1. The van der Waals surface area contributed by atoms with E-state index >= 15 is 0 Å². The molecule has 0 N–H and O–H groups in total. The van der Waals surface area contributed by atoms with Gasteiger partial charge in [-0.2, -0.15) is 10.4 Å². The van der Waals surface area contributed by atoms with Gasteiger partial charge < -0.3 is 4.74 Å². The number of rotatable bonds is 3. The van der Waals surface area contributed by atoms with E-state index in [4.69, 9.17) is 4.74 Å². The van der Waals surface area contributed by atoms with Gasteiger partial charge in [0.15, 0.2) is 0 Å². The number of esters is 1. The third-order valence-corrected chi connectivity index (χ3v) is 4.42. The fourth-order valence-corrected chi connectivity index (χ4v) is 3.16. The first kappa shape index (κ1) is 17.1. The summed E-state index contributed by atoms with van der Waals surface area (Å²) in [6.45, 7) is 5.52. The summed E-state index contributed by atoms with van der Waals surface area (Å²) < 4.78 is 7.10. The summed E-state index contributed by atoms with van der Waals surface area (Å²) >= 11 is 0. The van der Waals surface area contributed by atoms with Crippen LogP contribution in [0.2, 0.25) is 0 Å². The minimum absolute atomic E-state index is 0.226. The van der Waals surface area contributed by atoms with Crippen molar-refractivity contribution in [1.29, 1.82) is 5.26 Å². The lowest BCUT2D eigenvalue weighted by molar-refractivity contribution is 0.0107. The van der Waals surface area contributed by atoms with E-state index in [1.54, 1.807) is 13.1 Å². The van der Waals surface area contributed by atoms with Gasteiger partial charge in [-0.3, -0.25) is 0 Å². The first-order valence-corrected chi connectivity index (χ1v) is 8.47. The predicted molar refractivity (Wildman–Crippen MR) is 90.1 cm³/mol. The van der Waals surface area contributed by atoms with Gasteiger partial charge in [-0.25, -0.2) is 19.4 Å². The molecule has 0 bridgehead atoms. The molecule has 2 unspecified atom stereocenters. The number of hydrogen-bond donors (Lipinski definition) is 0. The van der Waals surface area contributed by atoms with E-state index in [1.807, 2.05) is 19.9 Å². The van der Waals surface area contributed by atoms with Crippen LogP contribution in [-0.4, -0.2) is 31.8 Å². The molecule has 130 valence electrons. The summed E-state index contributed by atoms with van der Waals surface area (Å²) in [5.74, 6) is -0.247. The maximum atomic E-state index is 12.5. The van der Waals surface area contributed by atoms with Crippen molar-refractivity contribution in [3.8, 4) is 12.0 Å². The number of aryl methyl sites for hydroxylation is 3. The van der Waals surface area contributed by atoms with Crippen LogP contribution in [0.15, 0.2) is 12.3 Å². The second-order valence-electron chi connectivity index (χ2n) is 6.49. The maximum Gasteiger partial charge on any atom is 0.341 e. The molecule has 25 heavy (non-hydrogen) atoms. The second-order valence-corrected chi connectivity index (χ2v) is 6.49. The zero-order chi connectivity index (χ0) is 18.0. The Morgan fingerprint density at radius 2 is 1.92 bits per heavy atom. The number of carbonyl (C=O) groups excluding carboxylic acids is 1. The van der Waals surface area contributed by atoms with Crippen LogP contribution in [0.25, 0.3) is 5.95 Å². The molecule has 0 amide bonds. The van der Waals surface area contributed by atoms with Crippen LogP contribution in [0.1, 0.15) is 53.1 Å². The minimum atomic E-state index is -0.444. The molecular formula is C18H21N5O2. The van der Waals surface area contributed by atoms with E-state index in [0.29, 0.717) is 17.2 Å². The largest absolute Gasteiger partial charge is 0.457 e. The van der Waals surface area contributed by atoms with Gasteiger partial charge in [0, 0.05) is 17.6 Å². The molecule has 2 aromatic heterocycles. The molecule has 2 aromatic rings. The first-order chi connectivity index (χ1) is 12.0. The number of nitriles is 1. The molecule has 7 nitrogen and oxygen atoms in total. The molecule has 1 aliphatic carbocycles. The van der Waals surface area contributed by atoms with Gasteiger partial charge in [-0.05, 0) is 46.1 Å². The summed E-state index contributed by atoms with van der Waals surface area (Å²) in [4.78, 5) is 21.3. The molecule has 3 rings (SSSR count). The molecule has 1 saturated carbocycles. The van der Waals surface area contributed by atoms with Crippen molar-refractivity contribution in [3.63, 3.8) is 0 Å². The van der Waals surface area contributed by atoms with E-state index in [9.17, 15) is 10.1 Å². The van der Waals surface area contributed by atoms with E-state index < -0.39 is 5.97 Å². The van der Waals surface area contributed by atoms with Crippen LogP contribution in [0.3, 0.4) is 0 Å². The lowest BCUT2D eigenvalue weighted by Crippen LogP contribution is -2.29. The van der Waals surface area contributed by atoms with Gasteiger partial charge in [0.2, 0.25) is 0 Å². The third kappa shape index (κ3) is 3.68. The van der Waals surface area contributed by atoms with Crippen molar-refractivity contribution >= 4 is 5.97 Å². The summed E-state index contributed by atoms with van der Waals surface area (Å²) in [6, 6.07) is 4.13. The van der Waals surface area contributed by atoms with E-state index in [0.717, 1.165) is 37.1 Å². The predicted octanol–water partition coefficient (Wildman–Crippen LogP) is 2.83. The van der Waals surface area contributed by atoms with Crippen molar-refractivity contribution in [2.75, 3.05) is 0 Å². The summed E-state index contributed by atoms with van der Waals surface area (Å²) in [6.07, 6.45) is 4.75. The molecule has 0 aliphatic heterocycles. The Morgan fingerprint density at radius 1 is 1.24 bits per heavy atom. The highest BCUT2D eigenvalue weighted by atomic mass is 16.5. The number of ether oxygens (including phenoxy) is 1. The quantitative estimate of drug-likeness (QED) is 0.798. The van der Waals surface area contributed by atoms with Crippen LogP contribution >= 0.6 is 0 Å². The SMILES string of the molecule is Cc1cc(C)nc(-n2cc(C(=O)OC3CCCCC3C#N)c(C)n2)n1. The Balaban J connectivity index is 1.82. The fourth-order valence-electron chi connectivity index (χ4n) is 3.16. The topological polar surface area (TPSA) is 93.7 Å². The molecule has 0 saturated heterocycles. The number of nitrogens with zero attached hydrogens (tertiary/aromatic N) is 5. The highest BCUT2D eigenvalue weighted by Gasteiger charge is 2.29. The van der Waals surface area contributed by atoms with Crippen molar-refractivity contribution in [2.24, 2.45) is 5.92 Å². The van der Waals surface area contributed by atoms with Crippen LogP contribution in [0.4, 0.5) is 0 Å². The summed E-state index contributed by atoms with van der Waals surface area (Å²) in [5, 5.41) is 13.6. The van der Waals surface area contributed by atoms with Crippen molar-refractivity contribution in [1.82, 2.24) is 19.7 Å². The summed E-state index contributed by atoms with van der Waals surface area (Å²) in [5.41, 5.74) is 2.60. The van der Waals surface area contributed by atoms with Gasteiger partial charge >= 0.3 is 5.97 Å². The molecule has 1 fully saturated rings. The van der Waals surface area contributed by atoms with Crippen molar-refractivity contribution < 1.29 is 9.53 Å². The summed E-state index contributed by atoms with van der Waals surface area (Å²) in [7, 11) is 0. The molecular weight excluding hydrogens is 318 g/mol. The average Bonchev–Trinajstić information content (AvgIpc) is 2.96. The van der Waals surface area contributed by atoms with Gasteiger partial charge in [0.1, 0.15) is 11.7 Å². The van der Waals surface area contributed by atoms with Crippen molar-refractivity contribution in [3.05, 3.63) is 34.9 Å². The molecule has 1 aliphatic rings. The highest BCUT2D eigenvalue weighted by molar-refractivity contribution is 5.90. The standard InChI is InChI=1S/C18H21N5O2/c1-11-8-12(2)21-18(20-11)23-10-15(13(3)22-23)17(24)25-16-7-5-4-6-14(16)9-19/h8,10,14,16H,4-7H2,1-3H3. The molecule has 0 spiro atoms. The Bertz CT molecular complexity index is 816. The normalized spacial score (nSPS) is 20.1. The fraction of sp³-hybridized carbons (Fsp3) is 0.500. The molecule has 0 radical (unpaired) electrons. The van der Waals surface area contributed by atoms with E-state index in [2.05, 4.69) is 21.1 Å². The van der Waals surface area contributed by atoms with Gasteiger partial charge in [0.25, 0.3) is 5.95 Å². The average molecular weight is 339 g/mol. The van der Waals surface area contributed by atoms with Crippen LogP contribution in [0.5, 0.6) is 0 Å². The Labute approximate surface area is 146 Å². The smallest absolute Gasteiger partial charge is 0.341 e. The van der Waals surface area contributed by atoms with Crippen LogP contribution in [-0.2, 0) is 4.74 Å². The second kappa shape index (κ2) is 7.01. The van der Waals surface area contributed by atoms with E-state index in [1.165, 1.54) is 4.68 Å². The minimum Gasteiger partial charge on any atom is -0.457 e. The maximum absolute atomic E-state index is 12.5. The van der Waals surface area contributed by atoms with Crippen LogP contribution in [0, 0.1) is 38.0 Å². The molecule has 2 atom stereocenters. The zero-order valence-electron chi connectivity index (χ0n) is 14.7. The van der Waals surface area contributed by atoms with Gasteiger partial charge in [0.05, 0.1) is 17.7 Å². The highest BCUT2D eigenvalue weighted by Crippen LogP contribution is 2.27. The third-order valence-electron chi connectivity index (χ3n) is 4.42. The van der Waals surface area contributed by atoms with E-state index in [-0.39, 0.29) is 12.0 Å². The lowest BCUT2D eigenvalue weighted by atomic mass is 9.87. The first-order valence-electron chi connectivity index (χ1n) is 8.47. The Morgan fingerprint density at radius 3 is 2.60 bits per heavy atom. The van der Waals surface area contributed by atoms with Gasteiger partial charge in [-0.1, -0.05) is 6.42 Å².